The largest absolute Gasteiger partial charge is 0.326 e. The van der Waals surface area contributed by atoms with Gasteiger partial charge in [-0.3, -0.25) is 4.90 Å². The first kappa shape index (κ1) is 16.5. The molecule has 1 aliphatic carbocycles. The Labute approximate surface area is 135 Å². The molecule has 4 atom stereocenters. The van der Waals surface area contributed by atoms with E-state index in [0.717, 1.165) is 12.3 Å². The van der Waals surface area contributed by atoms with Crippen LogP contribution in [-0.4, -0.2) is 24.0 Å². The molecule has 0 aliphatic heterocycles. The Morgan fingerprint density at radius 3 is 2.70 bits per heavy atom. The number of likely N-dealkylation sites (N-methyl/N-ethyl adjacent to an activating group) is 1. The van der Waals surface area contributed by atoms with E-state index in [9.17, 15) is 0 Å². The molecule has 0 amide bonds. The molecule has 0 radical (unpaired) electrons. The summed E-state index contributed by atoms with van der Waals surface area (Å²) in [5.41, 5.74) is 6.46. The molecule has 2 rings (SSSR count). The number of thiophene rings is 1. The van der Waals surface area contributed by atoms with Gasteiger partial charge in [-0.05, 0) is 54.2 Å². The fourth-order valence-corrected chi connectivity index (χ4v) is 5.20. The highest BCUT2D eigenvalue weighted by Gasteiger charge is 2.33. The minimum Gasteiger partial charge on any atom is -0.326 e. The fraction of sp³-hybridized carbons (Fsp3) is 0.750. The first-order valence-electron chi connectivity index (χ1n) is 7.76. The summed E-state index contributed by atoms with van der Waals surface area (Å²) in [7, 11) is 2.28. The maximum absolute atomic E-state index is 6.46. The summed E-state index contributed by atoms with van der Waals surface area (Å²) in [5.74, 6) is 0.781. The lowest BCUT2D eigenvalue weighted by Gasteiger charge is -2.42. The molecular formula is C16H27BrN2S. The number of nitrogens with zero attached hydrogens (tertiary/aromatic N) is 1. The predicted molar refractivity (Wildman–Crippen MR) is 92.2 cm³/mol. The number of rotatable bonds is 5. The Morgan fingerprint density at radius 2 is 2.15 bits per heavy atom. The van der Waals surface area contributed by atoms with Crippen molar-refractivity contribution in [3.05, 3.63) is 20.8 Å². The third-order valence-corrected chi connectivity index (χ3v) is 6.55. The molecule has 4 unspecified atom stereocenters. The third-order valence-electron chi connectivity index (χ3n) is 4.78. The lowest BCUT2D eigenvalue weighted by molar-refractivity contribution is 0.0840. The first-order valence-corrected chi connectivity index (χ1v) is 9.43. The quantitative estimate of drug-likeness (QED) is 0.818. The maximum Gasteiger partial charge on any atom is 0.0593 e. The zero-order valence-electron chi connectivity index (χ0n) is 12.8. The molecule has 1 aromatic heterocycles. The summed E-state index contributed by atoms with van der Waals surface area (Å²) >= 11 is 5.41. The smallest absolute Gasteiger partial charge is 0.0593 e. The van der Waals surface area contributed by atoms with E-state index in [-0.39, 0.29) is 6.04 Å². The molecule has 4 heteroatoms. The van der Waals surface area contributed by atoms with Crippen molar-refractivity contribution in [2.75, 3.05) is 7.05 Å². The molecule has 2 N–H and O–H groups in total. The lowest BCUT2D eigenvalue weighted by atomic mass is 9.83. The van der Waals surface area contributed by atoms with Gasteiger partial charge in [0, 0.05) is 26.8 Å². The maximum atomic E-state index is 6.46. The molecule has 1 fully saturated rings. The van der Waals surface area contributed by atoms with Gasteiger partial charge in [-0.2, -0.15) is 0 Å². The van der Waals surface area contributed by atoms with Crippen molar-refractivity contribution in [3.63, 3.8) is 0 Å². The zero-order chi connectivity index (χ0) is 14.7. The van der Waals surface area contributed by atoms with E-state index in [2.05, 4.69) is 53.2 Å². The fourth-order valence-electron chi connectivity index (χ4n) is 3.53. The molecule has 0 aromatic carbocycles. The summed E-state index contributed by atoms with van der Waals surface area (Å²) < 4.78 is 1.18. The average Bonchev–Trinajstić information content (AvgIpc) is 2.85. The zero-order valence-corrected chi connectivity index (χ0v) is 15.2. The SMILES string of the molecule is CCC(N)C(c1cc(Br)cs1)N(C)C1CCCCC1C. The van der Waals surface area contributed by atoms with Gasteiger partial charge in [0.05, 0.1) is 6.04 Å². The van der Waals surface area contributed by atoms with Gasteiger partial charge in [0.25, 0.3) is 0 Å². The number of halogens is 1. The summed E-state index contributed by atoms with van der Waals surface area (Å²) in [5, 5.41) is 2.17. The van der Waals surface area contributed by atoms with E-state index < -0.39 is 0 Å². The second-order valence-electron chi connectivity index (χ2n) is 6.18. The van der Waals surface area contributed by atoms with Crippen LogP contribution in [0.5, 0.6) is 0 Å². The average molecular weight is 359 g/mol. The van der Waals surface area contributed by atoms with Gasteiger partial charge in [0.1, 0.15) is 0 Å². The molecule has 114 valence electrons. The molecule has 1 aliphatic rings. The number of hydrogen-bond donors (Lipinski definition) is 1. The highest BCUT2D eigenvalue weighted by Crippen LogP contribution is 2.37. The Morgan fingerprint density at radius 1 is 1.45 bits per heavy atom. The molecule has 0 saturated heterocycles. The number of hydrogen-bond acceptors (Lipinski definition) is 3. The molecular weight excluding hydrogens is 332 g/mol. The normalized spacial score (nSPS) is 26.7. The standard InChI is InChI=1S/C16H27BrN2S/c1-4-13(18)16(15-9-12(17)10-20-15)19(3)14-8-6-5-7-11(14)2/h9-11,13-14,16H,4-8,18H2,1-3H3. The van der Waals surface area contributed by atoms with Crippen LogP contribution in [0.25, 0.3) is 0 Å². The minimum absolute atomic E-state index is 0.208. The van der Waals surface area contributed by atoms with Crippen LogP contribution in [0.1, 0.15) is 56.9 Å². The molecule has 0 bridgehead atoms. The van der Waals surface area contributed by atoms with Gasteiger partial charge in [-0.1, -0.05) is 26.7 Å². The van der Waals surface area contributed by atoms with Crippen LogP contribution in [0.2, 0.25) is 0 Å². The van der Waals surface area contributed by atoms with E-state index in [1.165, 1.54) is 35.0 Å². The van der Waals surface area contributed by atoms with Crippen LogP contribution < -0.4 is 5.73 Å². The Hall–Kier alpha value is 0.1000. The molecule has 1 aromatic rings. The predicted octanol–water partition coefficient (Wildman–Crippen LogP) is 4.80. The van der Waals surface area contributed by atoms with Crippen molar-refractivity contribution >= 4 is 27.3 Å². The van der Waals surface area contributed by atoms with Crippen LogP contribution in [0.15, 0.2) is 15.9 Å². The van der Waals surface area contributed by atoms with E-state index in [1.807, 2.05) is 11.3 Å². The van der Waals surface area contributed by atoms with Crippen molar-refractivity contribution < 1.29 is 0 Å². The van der Waals surface area contributed by atoms with Crippen molar-refractivity contribution in [1.29, 1.82) is 0 Å². The van der Waals surface area contributed by atoms with E-state index in [0.29, 0.717) is 12.1 Å². The summed E-state index contributed by atoms with van der Waals surface area (Å²) in [6, 6.07) is 3.48. The van der Waals surface area contributed by atoms with Crippen molar-refractivity contribution in [1.82, 2.24) is 4.90 Å². The van der Waals surface area contributed by atoms with E-state index in [4.69, 9.17) is 5.73 Å². The van der Waals surface area contributed by atoms with Crippen LogP contribution >= 0.6 is 27.3 Å². The van der Waals surface area contributed by atoms with Gasteiger partial charge in [0.15, 0.2) is 0 Å². The van der Waals surface area contributed by atoms with Crippen LogP contribution in [-0.2, 0) is 0 Å². The van der Waals surface area contributed by atoms with Gasteiger partial charge in [0.2, 0.25) is 0 Å². The van der Waals surface area contributed by atoms with Crippen molar-refractivity contribution in [3.8, 4) is 0 Å². The second kappa shape index (κ2) is 7.39. The van der Waals surface area contributed by atoms with Crippen LogP contribution in [0.3, 0.4) is 0 Å². The third kappa shape index (κ3) is 3.65. The van der Waals surface area contributed by atoms with Crippen molar-refractivity contribution in [2.24, 2.45) is 11.7 Å². The number of nitrogens with two attached hydrogens (primary N) is 1. The second-order valence-corrected chi connectivity index (χ2v) is 8.04. The molecule has 0 spiro atoms. The van der Waals surface area contributed by atoms with E-state index in [1.54, 1.807) is 0 Å². The topological polar surface area (TPSA) is 29.3 Å². The minimum atomic E-state index is 0.208. The lowest BCUT2D eigenvalue weighted by Crippen LogP contribution is -2.47. The Bertz CT molecular complexity index is 420. The monoisotopic (exact) mass is 358 g/mol. The molecule has 20 heavy (non-hydrogen) atoms. The van der Waals surface area contributed by atoms with Gasteiger partial charge < -0.3 is 5.73 Å². The van der Waals surface area contributed by atoms with Crippen molar-refractivity contribution in [2.45, 2.75) is 64.1 Å². The van der Waals surface area contributed by atoms with Gasteiger partial charge >= 0.3 is 0 Å². The van der Waals surface area contributed by atoms with E-state index >= 15 is 0 Å². The van der Waals surface area contributed by atoms with Gasteiger partial charge in [-0.25, -0.2) is 0 Å². The molecule has 1 heterocycles. The Kier molecular flexibility index (Phi) is 6.09. The van der Waals surface area contributed by atoms with Crippen LogP contribution in [0.4, 0.5) is 0 Å². The summed E-state index contributed by atoms with van der Waals surface area (Å²) in [4.78, 5) is 3.96. The first-order chi connectivity index (χ1) is 9.54. The molecule has 2 nitrogen and oxygen atoms in total. The van der Waals surface area contributed by atoms with Gasteiger partial charge in [-0.15, -0.1) is 11.3 Å². The summed E-state index contributed by atoms with van der Waals surface area (Å²) in [6.45, 7) is 4.59. The summed E-state index contributed by atoms with van der Waals surface area (Å²) in [6.07, 6.45) is 6.45. The Balaban J connectivity index is 2.21. The van der Waals surface area contributed by atoms with Crippen LogP contribution in [0, 0.1) is 5.92 Å². The molecule has 1 saturated carbocycles. The highest BCUT2D eigenvalue weighted by atomic mass is 79.9. The highest BCUT2D eigenvalue weighted by molar-refractivity contribution is 9.10.